The standard InChI is InChI=1S/C13H15N5OS/c1-18-8-16-11(17-18)7-15-12(19)6-9-2-4-10(5-3-9)13(14)20/h2-5,8H,6-7H2,1H3,(H2,14,20)(H,15,19). The Hall–Kier alpha value is -2.28. The molecule has 1 amide bonds. The van der Waals surface area contributed by atoms with E-state index >= 15 is 0 Å². The molecule has 0 fully saturated rings. The van der Waals surface area contributed by atoms with Crippen molar-refractivity contribution in [2.45, 2.75) is 13.0 Å². The van der Waals surface area contributed by atoms with Crippen molar-refractivity contribution in [2.75, 3.05) is 0 Å². The van der Waals surface area contributed by atoms with E-state index < -0.39 is 0 Å². The van der Waals surface area contributed by atoms with E-state index in [4.69, 9.17) is 18.0 Å². The summed E-state index contributed by atoms with van der Waals surface area (Å²) in [5.74, 6) is 0.505. The molecular weight excluding hydrogens is 274 g/mol. The van der Waals surface area contributed by atoms with Crippen molar-refractivity contribution in [3.63, 3.8) is 0 Å². The number of thiocarbonyl (C=S) groups is 1. The van der Waals surface area contributed by atoms with Gasteiger partial charge in [-0.2, -0.15) is 5.10 Å². The molecule has 7 heteroatoms. The summed E-state index contributed by atoms with van der Waals surface area (Å²) < 4.78 is 1.59. The van der Waals surface area contributed by atoms with Crippen LogP contribution >= 0.6 is 12.2 Å². The topological polar surface area (TPSA) is 85.8 Å². The molecule has 0 atom stereocenters. The van der Waals surface area contributed by atoms with Crippen LogP contribution in [0.1, 0.15) is 17.0 Å². The maximum atomic E-state index is 11.8. The fraction of sp³-hybridized carbons (Fsp3) is 0.231. The molecule has 0 spiro atoms. The van der Waals surface area contributed by atoms with E-state index in [0.29, 0.717) is 23.8 Å². The minimum absolute atomic E-state index is 0.0828. The lowest BCUT2D eigenvalue weighted by atomic mass is 10.1. The van der Waals surface area contributed by atoms with Gasteiger partial charge in [0, 0.05) is 12.6 Å². The highest BCUT2D eigenvalue weighted by Gasteiger charge is 2.05. The number of carbonyl (C=O) groups is 1. The van der Waals surface area contributed by atoms with Gasteiger partial charge in [0.15, 0.2) is 5.82 Å². The molecule has 104 valence electrons. The van der Waals surface area contributed by atoms with Crippen molar-refractivity contribution in [3.8, 4) is 0 Å². The lowest BCUT2D eigenvalue weighted by Gasteiger charge is -2.04. The summed E-state index contributed by atoms with van der Waals surface area (Å²) in [5, 5.41) is 6.85. The van der Waals surface area contributed by atoms with Crippen molar-refractivity contribution < 1.29 is 4.79 Å². The number of hydrogen-bond donors (Lipinski definition) is 2. The van der Waals surface area contributed by atoms with Crippen LogP contribution in [0.2, 0.25) is 0 Å². The molecule has 0 bridgehead atoms. The van der Waals surface area contributed by atoms with Gasteiger partial charge in [-0.3, -0.25) is 9.48 Å². The number of benzene rings is 1. The summed E-state index contributed by atoms with van der Waals surface area (Å²) in [4.78, 5) is 16.2. The Morgan fingerprint density at radius 1 is 1.40 bits per heavy atom. The van der Waals surface area contributed by atoms with E-state index in [1.165, 1.54) is 0 Å². The summed E-state index contributed by atoms with van der Waals surface area (Å²) in [7, 11) is 1.78. The third kappa shape index (κ3) is 3.86. The Labute approximate surface area is 122 Å². The Balaban J connectivity index is 1.86. The van der Waals surface area contributed by atoms with Gasteiger partial charge < -0.3 is 11.1 Å². The minimum atomic E-state index is -0.0828. The van der Waals surface area contributed by atoms with E-state index in [0.717, 1.165) is 11.1 Å². The van der Waals surface area contributed by atoms with E-state index in [1.807, 2.05) is 24.3 Å². The maximum Gasteiger partial charge on any atom is 0.224 e. The molecule has 1 aromatic carbocycles. The van der Waals surface area contributed by atoms with Crippen molar-refractivity contribution in [1.29, 1.82) is 0 Å². The van der Waals surface area contributed by atoms with Crippen molar-refractivity contribution in [1.82, 2.24) is 20.1 Å². The first-order chi connectivity index (χ1) is 9.54. The molecule has 2 aromatic rings. The number of nitrogens with one attached hydrogen (secondary N) is 1. The van der Waals surface area contributed by atoms with Crippen molar-refractivity contribution >= 4 is 23.1 Å². The molecule has 0 saturated heterocycles. The molecule has 1 heterocycles. The molecule has 0 saturated carbocycles. The number of carbonyl (C=O) groups excluding carboxylic acids is 1. The largest absolute Gasteiger partial charge is 0.389 e. The second-order valence-electron chi connectivity index (χ2n) is 4.35. The van der Waals surface area contributed by atoms with E-state index in [1.54, 1.807) is 18.1 Å². The molecule has 0 unspecified atom stereocenters. The number of amides is 1. The van der Waals surface area contributed by atoms with Crippen LogP contribution in [0.3, 0.4) is 0 Å². The molecule has 0 aliphatic rings. The van der Waals surface area contributed by atoms with Crippen LogP contribution < -0.4 is 11.1 Å². The van der Waals surface area contributed by atoms with Gasteiger partial charge >= 0.3 is 0 Å². The van der Waals surface area contributed by atoms with E-state index in [2.05, 4.69) is 15.4 Å². The van der Waals surface area contributed by atoms with E-state index in [-0.39, 0.29) is 5.91 Å². The highest BCUT2D eigenvalue weighted by Crippen LogP contribution is 2.05. The summed E-state index contributed by atoms with van der Waals surface area (Å²) >= 11 is 4.87. The zero-order chi connectivity index (χ0) is 14.5. The average Bonchev–Trinajstić information content (AvgIpc) is 2.83. The zero-order valence-corrected chi connectivity index (χ0v) is 11.9. The minimum Gasteiger partial charge on any atom is -0.389 e. The first-order valence-electron chi connectivity index (χ1n) is 6.04. The fourth-order valence-corrected chi connectivity index (χ4v) is 1.81. The summed E-state index contributed by atoms with van der Waals surface area (Å²) in [6, 6.07) is 7.30. The van der Waals surface area contributed by atoms with Gasteiger partial charge in [0.05, 0.1) is 13.0 Å². The number of nitrogens with zero attached hydrogens (tertiary/aromatic N) is 3. The van der Waals surface area contributed by atoms with Gasteiger partial charge in [-0.15, -0.1) is 0 Å². The van der Waals surface area contributed by atoms with Crippen LogP contribution in [0, 0.1) is 0 Å². The molecule has 0 aliphatic carbocycles. The summed E-state index contributed by atoms with van der Waals surface area (Å²) in [6.07, 6.45) is 1.89. The Morgan fingerprint density at radius 2 is 2.10 bits per heavy atom. The smallest absolute Gasteiger partial charge is 0.224 e. The van der Waals surface area contributed by atoms with Gasteiger partial charge in [-0.1, -0.05) is 36.5 Å². The van der Waals surface area contributed by atoms with Crippen molar-refractivity contribution in [3.05, 3.63) is 47.5 Å². The third-order valence-electron chi connectivity index (χ3n) is 2.69. The van der Waals surface area contributed by atoms with Crippen LogP contribution in [0.5, 0.6) is 0 Å². The fourth-order valence-electron chi connectivity index (χ4n) is 1.68. The third-order valence-corrected chi connectivity index (χ3v) is 2.93. The van der Waals surface area contributed by atoms with Crippen LogP contribution in [0.15, 0.2) is 30.6 Å². The highest BCUT2D eigenvalue weighted by atomic mass is 32.1. The number of rotatable bonds is 5. The molecule has 6 nitrogen and oxygen atoms in total. The molecule has 1 aromatic heterocycles. The summed E-state index contributed by atoms with van der Waals surface area (Å²) in [5.41, 5.74) is 7.21. The molecule has 20 heavy (non-hydrogen) atoms. The van der Waals surface area contributed by atoms with Gasteiger partial charge in [0.2, 0.25) is 5.91 Å². The second kappa shape index (κ2) is 6.25. The molecule has 0 aliphatic heterocycles. The number of nitrogens with two attached hydrogens (primary N) is 1. The maximum absolute atomic E-state index is 11.8. The first-order valence-corrected chi connectivity index (χ1v) is 6.45. The first kappa shape index (κ1) is 14.1. The van der Waals surface area contributed by atoms with Gasteiger partial charge in [-0.25, -0.2) is 4.98 Å². The van der Waals surface area contributed by atoms with E-state index in [9.17, 15) is 4.79 Å². The number of aromatic nitrogens is 3. The SMILES string of the molecule is Cn1cnc(CNC(=O)Cc2ccc(C(N)=S)cc2)n1. The Kier molecular flexibility index (Phi) is 4.41. The predicted octanol–water partition coefficient (Wildman–Crippen LogP) is 0.308. The highest BCUT2D eigenvalue weighted by molar-refractivity contribution is 7.80. The summed E-state index contributed by atoms with van der Waals surface area (Å²) in [6.45, 7) is 0.324. The normalized spacial score (nSPS) is 10.2. The molecule has 3 N–H and O–H groups in total. The van der Waals surface area contributed by atoms with Gasteiger partial charge in [0.25, 0.3) is 0 Å². The van der Waals surface area contributed by atoms with Crippen LogP contribution in [-0.4, -0.2) is 25.7 Å². The average molecular weight is 289 g/mol. The van der Waals surface area contributed by atoms with Gasteiger partial charge in [-0.05, 0) is 5.56 Å². The monoisotopic (exact) mass is 289 g/mol. The van der Waals surface area contributed by atoms with Crippen molar-refractivity contribution in [2.24, 2.45) is 12.8 Å². The van der Waals surface area contributed by atoms with Crippen LogP contribution in [-0.2, 0) is 24.8 Å². The molecule has 0 radical (unpaired) electrons. The Bertz CT molecular complexity index is 620. The number of aryl methyl sites for hydroxylation is 1. The van der Waals surface area contributed by atoms with Crippen LogP contribution in [0.4, 0.5) is 0 Å². The molecular formula is C13H15N5OS. The number of hydrogen-bond acceptors (Lipinski definition) is 4. The lowest BCUT2D eigenvalue weighted by Crippen LogP contribution is -2.25. The lowest BCUT2D eigenvalue weighted by molar-refractivity contribution is -0.120. The van der Waals surface area contributed by atoms with Crippen LogP contribution in [0.25, 0.3) is 0 Å². The quantitative estimate of drug-likeness (QED) is 0.774. The van der Waals surface area contributed by atoms with Gasteiger partial charge in [0.1, 0.15) is 11.3 Å². The predicted molar refractivity (Wildman–Crippen MR) is 78.9 cm³/mol. The Morgan fingerprint density at radius 3 is 2.65 bits per heavy atom. The second-order valence-corrected chi connectivity index (χ2v) is 4.79. The molecule has 2 rings (SSSR count). The zero-order valence-electron chi connectivity index (χ0n) is 11.0.